The molecule has 0 bridgehead atoms. The molecule has 19 heavy (non-hydrogen) atoms. The predicted octanol–water partition coefficient (Wildman–Crippen LogP) is 2.18. The molecule has 0 saturated heterocycles. The van der Waals surface area contributed by atoms with Crippen LogP contribution in [0.15, 0.2) is 30.1 Å². The second-order valence-electron chi connectivity index (χ2n) is 4.13. The van der Waals surface area contributed by atoms with Gasteiger partial charge < -0.3 is 15.8 Å². The lowest BCUT2D eigenvalue weighted by molar-refractivity contribution is -0.116. The van der Waals surface area contributed by atoms with Crippen LogP contribution in [-0.4, -0.2) is 19.1 Å². The number of carbonyl (C=O) groups is 1. The van der Waals surface area contributed by atoms with Crippen molar-refractivity contribution in [3.8, 4) is 5.75 Å². The minimum absolute atomic E-state index is 0. The number of ether oxygens (including phenoxy) is 1. The number of nitrogens with two attached hydrogens (primary N) is 1. The number of amides is 1. The van der Waals surface area contributed by atoms with Gasteiger partial charge in [-0.25, -0.2) is 4.39 Å². The maximum Gasteiger partial charge on any atom is 0.224 e. The number of fused-ring (bicyclic) bond motifs is 1. The van der Waals surface area contributed by atoms with E-state index in [0.717, 1.165) is 17.7 Å². The zero-order valence-corrected chi connectivity index (χ0v) is 11.1. The highest BCUT2D eigenvalue weighted by molar-refractivity contribution is 5.94. The second-order valence-corrected chi connectivity index (χ2v) is 4.13. The summed E-state index contributed by atoms with van der Waals surface area (Å²) in [4.78, 5) is 11.3. The van der Waals surface area contributed by atoms with Gasteiger partial charge in [-0.15, -0.1) is 12.4 Å². The minimum Gasteiger partial charge on any atom is -0.489 e. The Labute approximate surface area is 117 Å². The number of aryl methyl sites for hydroxylation is 1. The average Bonchev–Trinajstić information content (AvgIpc) is 2.39. The van der Waals surface area contributed by atoms with Crippen molar-refractivity contribution in [2.45, 2.75) is 12.8 Å². The van der Waals surface area contributed by atoms with Gasteiger partial charge in [-0.2, -0.15) is 0 Å². The summed E-state index contributed by atoms with van der Waals surface area (Å²) >= 11 is 0. The molecule has 0 aliphatic carbocycles. The van der Waals surface area contributed by atoms with Crippen LogP contribution in [0.5, 0.6) is 5.75 Å². The molecule has 1 heterocycles. The molecule has 1 aromatic carbocycles. The fourth-order valence-corrected chi connectivity index (χ4v) is 1.75. The first-order valence-electron chi connectivity index (χ1n) is 5.76. The lowest BCUT2D eigenvalue weighted by Gasteiger charge is -2.17. The molecule has 0 unspecified atom stereocenters. The molecule has 0 saturated carbocycles. The topological polar surface area (TPSA) is 64.3 Å². The summed E-state index contributed by atoms with van der Waals surface area (Å²) in [7, 11) is 0. The Morgan fingerprint density at radius 1 is 1.47 bits per heavy atom. The van der Waals surface area contributed by atoms with Crippen LogP contribution in [0.25, 0.3) is 0 Å². The molecular weight excluding hydrogens is 271 g/mol. The molecule has 1 aliphatic rings. The molecule has 0 fully saturated rings. The number of carbonyl (C=O) groups excluding carboxylic acids is 1. The van der Waals surface area contributed by atoms with Gasteiger partial charge in [0, 0.05) is 30.3 Å². The summed E-state index contributed by atoms with van der Waals surface area (Å²) < 4.78 is 17.7. The number of anilines is 1. The monoisotopic (exact) mass is 286 g/mol. The Morgan fingerprint density at radius 3 is 2.95 bits per heavy atom. The van der Waals surface area contributed by atoms with Gasteiger partial charge in [0.1, 0.15) is 12.4 Å². The van der Waals surface area contributed by atoms with Crippen molar-refractivity contribution in [1.29, 1.82) is 0 Å². The molecule has 1 aliphatic heterocycles. The summed E-state index contributed by atoms with van der Waals surface area (Å²) in [6.45, 7) is 0.234. The van der Waals surface area contributed by atoms with Crippen molar-refractivity contribution < 1.29 is 13.9 Å². The first-order valence-corrected chi connectivity index (χ1v) is 5.76. The van der Waals surface area contributed by atoms with E-state index in [9.17, 15) is 9.18 Å². The van der Waals surface area contributed by atoms with Crippen molar-refractivity contribution in [3.05, 3.63) is 35.7 Å². The Morgan fingerprint density at radius 2 is 2.26 bits per heavy atom. The molecule has 1 amide bonds. The van der Waals surface area contributed by atoms with Crippen LogP contribution in [0.3, 0.4) is 0 Å². The van der Waals surface area contributed by atoms with E-state index < -0.39 is 0 Å². The van der Waals surface area contributed by atoms with E-state index in [2.05, 4.69) is 5.32 Å². The summed E-state index contributed by atoms with van der Waals surface area (Å²) in [5, 5.41) is 2.78. The van der Waals surface area contributed by atoms with Crippen LogP contribution in [0.4, 0.5) is 10.1 Å². The first-order chi connectivity index (χ1) is 8.72. The van der Waals surface area contributed by atoms with Crippen LogP contribution < -0.4 is 15.8 Å². The van der Waals surface area contributed by atoms with E-state index in [1.165, 1.54) is 0 Å². The maximum absolute atomic E-state index is 12.3. The molecule has 0 radical (unpaired) electrons. The lowest BCUT2D eigenvalue weighted by atomic mass is 10.0. The molecule has 4 nitrogen and oxygen atoms in total. The molecule has 6 heteroatoms. The summed E-state index contributed by atoms with van der Waals surface area (Å²) in [5.41, 5.74) is 7.57. The number of hydrogen-bond acceptors (Lipinski definition) is 3. The molecule has 1 aromatic rings. The quantitative estimate of drug-likeness (QED) is 0.892. The Balaban J connectivity index is 0.00000180. The Hall–Kier alpha value is -1.59. The van der Waals surface area contributed by atoms with Gasteiger partial charge in [0.15, 0.2) is 0 Å². The molecule has 0 atom stereocenters. The molecule has 0 aromatic heterocycles. The van der Waals surface area contributed by atoms with Gasteiger partial charge in [0.25, 0.3) is 0 Å². The van der Waals surface area contributed by atoms with E-state index in [1.54, 1.807) is 6.07 Å². The number of halogens is 2. The van der Waals surface area contributed by atoms with E-state index >= 15 is 0 Å². The Kier molecular flexibility index (Phi) is 5.79. The van der Waals surface area contributed by atoms with Gasteiger partial charge in [-0.3, -0.25) is 4.79 Å². The fraction of sp³-hybridized carbons (Fsp3) is 0.308. The van der Waals surface area contributed by atoms with Gasteiger partial charge in [-0.1, -0.05) is 6.07 Å². The molecule has 104 valence electrons. The smallest absolute Gasteiger partial charge is 0.224 e. The van der Waals surface area contributed by atoms with Gasteiger partial charge in [0.05, 0.1) is 6.33 Å². The number of nitrogens with one attached hydrogen (secondary N) is 1. The van der Waals surface area contributed by atoms with Crippen LogP contribution >= 0.6 is 12.4 Å². The number of benzene rings is 1. The third kappa shape index (κ3) is 3.94. The highest BCUT2D eigenvalue weighted by Gasteiger charge is 2.15. The van der Waals surface area contributed by atoms with Crippen LogP contribution in [0.2, 0.25) is 0 Å². The third-order valence-corrected chi connectivity index (χ3v) is 2.82. The van der Waals surface area contributed by atoms with Crippen LogP contribution in [0.1, 0.15) is 12.0 Å². The number of hydrogen-bond donors (Lipinski definition) is 2. The van der Waals surface area contributed by atoms with Crippen molar-refractivity contribution in [1.82, 2.24) is 0 Å². The fourth-order valence-electron chi connectivity index (χ4n) is 1.75. The second kappa shape index (κ2) is 7.11. The SMILES string of the molecule is Cl.NC/C(=C/F)COc1ccc2c(c1)NC(=O)CC2. The van der Waals surface area contributed by atoms with Gasteiger partial charge in [0.2, 0.25) is 5.91 Å². The third-order valence-electron chi connectivity index (χ3n) is 2.82. The van der Waals surface area contributed by atoms with Crippen molar-refractivity contribution in [3.63, 3.8) is 0 Å². The highest BCUT2D eigenvalue weighted by atomic mass is 35.5. The largest absolute Gasteiger partial charge is 0.489 e. The molecule has 0 spiro atoms. The first kappa shape index (κ1) is 15.5. The number of rotatable bonds is 4. The lowest BCUT2D eigenvalue weighted by Crippen LogP contribution is -2.19. The van der Waals surface area contributed by atoms with Gasteiger partial charge >= 0.3 is 0 Å². The van der Waals surface area contributed by atoms with Crippen molar-refractivity contribution in [2.75, 3.05) is 18.5 Å². The zero-order valence-electron chi connectivity index (χ0n) is 10.3. The normalized spacial score (nSPS) is 14.2. The predicted molar refractivity (Wildman–Crippen MR) is 74.4 cm³/mol. The van der Waals surface area contributed by atoms with Crippen LogP contribution in [-0.2, 0) is 11.2 Å². The molecule has 3 N–H and O–H groups in total. The van der Waals surface area contributed by atoms with E-state index in [1.807, 2.05) is 12.1 Å². The van der Waals surface area contributed by atoms with E-state index in [4.69, 9.17) is 10.5 Å². The van der Waals surface area contributed by atoms with Crippen molar-refractivity contribution in [2.24, 2.45) is 5.73 Å². The van der Waals surface area contributed by atoms with Gasteiger partial charge in [-0.05, 0) is 18.1 Å². The summed E-state index contributed by atoms with van der Waals surface area (Å²) in [5.74, 6) is 0.592. The summed E-state index contributed by atoms with van der Waals surface area (Å²) in [6, 6.07) is 5.47. The highest BCUT2D eigenvalue weighted by Crippen LogP contribution is 2.27. The van der Waals surface area contributed by atoms with Crippen molar-refractivity contribution >= 4 is 24.0 Å². The van der Waals surface area contributed by atoms with E-state index in [-0.39, 0.29) is 31.5 Å². The molecular formula is C13H16ClFN2O2. The molecule has 2 rings (SSSR count). The van der Waals surface area contributed by atoms with E-state index in [0.29, 0.717) is 24.1 Å². The standard InChI is InChI=1S/C13H15FN2O2.ClH/c14-6-9(7-15)8-18-11-3-1-10-2-4-13(17)16-12(10)5-11;/h1,3,5-6H,2,4,7-8,15H2,(H,16,17);1H/b9-6-;. The maximum atomic E-state index is 12.3. The summed E-state index contributed by atoms with van der Waals surface area (Å²) in [6.07, 6.45) is 1.70. The van der Waals surface area contributed by atoms with Crippen LogP contribution in [0, 0.1) is 0 Å². The zero-order chi connectivity index (χ0) is 13.0. The Bertz CT molecular complexity index is 492. The average molecular weight is 287 g/mol. The minimum atomic E-state index is 0.